The van der Waals surface area contributed by atoms with E-state index in [1.807, 2.05) is 28.4 Å². The lowest BCUT2D eigenvalue weighted by Crippen LogP contribution is -2.32. The summed E-state index contributed by atoms with van der Waals surface area (Å²) in [6, 6.07) is 21.0. The van der Waals surface area contributed by atoms with Gasteiger partial charge < -0.3 is 9.13 Å². The quantitative estimate of drug-likeness (QED) is 0.385. The molecule has 0 aliphatic heterocycles. The van der Waals surface area contributed by atoms with Gasteiger partial charge in [0, 0.05) is 12.7 Å². The largest absolute Gasteiger partial charge is 0.347 e. The molecule has 5 rings (SSSR count). The van der Waals surface area contributed by atoms with Crippen molar-refractivity contribution in [2.75, 3.05) is 0 Å². The van der Waals surface area contributed by atoms with E-state index in [1.54, 1.807) is 0 Å². The van der Waals surface area contributed by atoms with Crippen molar-refractivity contribution < 1.29 is 4.57 Å². The molecule has 0 radical (unpaired) electrons. The van der Waals surface area contributed by atoms with Crippen LogP contribution in [0.2, 0.25) is 0 Å². The third kappa shape index (κ3) is 2.29. The Balaban J connectivity index is 1.91. The van der Waals surface area contributed by atoms with Gasteiger partial charge in [0.1, 0.15) is 0 Å². The summed E-state index contributed by atoms with van der Waals surface area (Å²) < 4.78 is 4.01. The van der Waals surface area contributed by atoms with E-state index in [-0.39, 0.29) is 0 Å². The normalized spacial score (nSPS) is 12.9. The molecule has 2 aromatic heterocycles. The summed E-state index contributed by atoms with van der Waals surface area (Å²) in [4.78, 5) is 4.57. The first kappa shape index (κ1) is 14.8. The molecule has 2 heterocycles. The Bertz CT molecular complexity index is 1390. The summed E-state index contributed by atoms with van der Waals surface area (Å²) in [6.45, 7) is 0. The maximum atomic E-state index is 4.57. The average molecular weight is 335 g/mol. The molecule has 26 heavy (non-hydrogen) atoms. The van der Waals surface area contributed by atoms with E-state index in [2.05, 4.69) is 84.1 Å². The number of fused-ring (bicyclic) bond motifs is 3. The van der Waals surface area contributed by atoms with Gasteiger partial charge in [-0.05, 0) is 26.9 Å². The van der Waals surface area contributed by atoms with Crippen LogP contribution >= 0.6 is 0 Å². The van der Waals surface area contributed by atoms with Crippen molar-refractivity contribution in [3.05, 3.63) is 100 Å². The monoisotopic (exact) mass is 335 g/mol. The molecule has 4 aromatic rings. The Kier molecular flexibility index (Phi) is 3.32. The SMILES string of the molecule is Cn1[c-][n+](C2=CC=c3ccccc3=c3ccccc3=C2)c2ncccc21. The van der Waals surface area contributed by atoms with Crippen LogP contribution in [0, 0.1) is 16.8 Å². The number of benzene rings is 2. The minimum absolute atomic E-state index is 0.900. The molecular formula is C23H17N3. The van der Waals surface area contributed by atoms with Gasteiger partial charge in [0.25, 0.3) is 0 Å². The van der Waals surface area contributed by atoms with Crippen molar-refractivity contribution in [1.29, 1.82) is 0 Å². The van der Waals surface area contributed by atoms with Gasteiger partial charge in [-0.2, -0.15) is 4.98 Å². The molecule has 0 atom stereocenters. The van der Waals surface area contributed by atoms with Crippen LogP contribution in [0.3, 0.4) is 0 Å². The fourth-order valence-electron chi connectivity index (χ4n) is 3.53. The second-order valence-electron chi connectivity index (χ2n) is 6.42. The fourth-order valence-corrected chi connectivity index (χ4v) is 3.53. The number of rotatable bonds is 1. The first-order chi connectivity index (χ1) is 12.8. The van der Waals surface area contributed by atoms with Crippen molar-refractivity contribution >= 4 is 29.0 Å². The Labute approximate surface area is 150 Å². The Morgan fingerprint density at radius 2 is 1.58 bits per heavy atom. The first-order valence-corrected chi connectivity index (χ1v) is 8.65. The molecule has 0 amide bonds. The van der Waals surface area contributed by atoms with Gasteiger partial charge in [0.05, 0.1) is 11.7 Å². The van der Waals surface area contributed by atoms with E-state index in [4.69, 9.17) is 0 Å². The highest BCUT2D eigenvalue weighted by Crippen LogP contribution is 2.10. The van der Waals surface area contributed by atoms with Crippen LogP contribution in [-0.2, 0) is 7.05 Å². The maximum Gasteiger partial charge on any atom is 0.183 e. The molecule has 1 aliphatic rings. The number of allylic oxidation sites excluding steroid dienone is 2. The third-order valence-corrected chi connectivity index (χ3v) is 4.80. The number of aryl methyl sites for hydroxylation is 1. The minimum atomic E-state index is 0.900. The molecule has 0 spiro atoms. The van der Waals surface area contributed by atoms with E-state index in [0.29, 0.717) is 0 Å². The van der Waals surface area contributed by atoms with Crippen LogP contribution in [0.15, 0.2) is 72.9 Å². The summed E-state index contributed by atoms with van der Waals surface area (Å²) >= 11 is 0. The van der Waals surface area contributed by atoms with Crippen LogP contribution in [0.5, 0.6) is 0 Å². The number of nitrogens with zero attached hydrogens (tertiary/aromatic N) is 3. The van der Waals surface area contributed by atoms with Crippen molar-refractivity contribution in [3.63, 3.8) is 0 Å². The number of pyridine rings is 1. The van der Waals surface area contributed by atoms with E-state index in [9.17, 15) is 0 Å². The molecular weight excluding hydrogens is 318 g/mol. The maximum absolute atomic E-state index is 4.57. The topological polar surface area (TPSA) is 21.7 Å². The predicted octanol–water partition coefficient (Wildman–Crippen LogP) is 2.06. The van der Waals surface area contributed by atoms with Crippen molar-refractivity contribution in [2.45, 2.75) is 0 Å². The van der Waals surface area contributed by atoms with Gasteiger partial charge in [-0.3, -0.25) is 0 Å². The first-order valence-electron chi connectivity index (χ1n) is 8.65. The summed E-state index contributed by atoms with van der Waals surface area (Å²) in [5, 5.41) is 4.88. The number of aromatic nitrogens is 3. The zero-order valence-corrected chi connectivity index (χ0v) is 14.4. The fraction of sp³-hybridized carbons (Fsp3) is 0.0435. The van der Waals surface area contributed by atoms with Gasteiger partial charge in [-0.25, -0.2) is 0 Å². The molecule has 3 nitrogen and oxygen atoms in total. The van der Waals surface area contributed by atoms with E-state index in [0.717, 1.165) is 16.9 Å². The lowest BCUT2D eigenvalue weighted by atomic mass is 10.1. The zero-order valence-electron chi connectivity index (χ0n) is 14.4. The van der Waals surface area contributed by atoms with E-state index in [1.165, 1.54) is 20.9 Å². The molecule has 2 aromatic carbocycles. The Morgan fingerprint density at radius 3 is 2.42 bits per heavy atom. The average Bonchev–Trinajstić information content (AvgIpc) is 3.01. The molecule has 124 valence electrons. The van der Waals surface area contributed by atoms with Gasteiger partial charge >= 0.3 is 0 Å². The van der Waals surface area contributed by atoms with Crippen molar-refractivity contribution in [2.24, 2.45) is 7.05 Å². The zero-order chi connectivity index (χ0) is 17.5. The molecule has 0 fully saturated rings. The smallest absolute Gasteiger partial charge is 0.183 e. The Hall–Kier alpha value is -3.46. The highest BCUT2D eigenvalue weighted by atomic mass is 15.2. The number of imidazole rings is 1. The molecule has 3 heteroatoms. The van der Waals surface area contributed by atoms with Crippen LogP contribution in [0.4, 0.5) is 0 Å². The molecule has 0 N–H and O–H groups in total. The van der Waals surface area contributed by atoms with Crippen LogP contribution < -0.4 is 15.0 Å². The molecule has 1 aliphatic carbocycles. The van der Waals surface area contributed by atoms with E-state index < -0.39 is 0 Å². The summed E-state index contributed by atoms with van der Waals surface area (Å²) in [5.74, 6) is 0. The lowest BCUT2D eigenvalue weighted by molar-refractivity contribution is -0.555. The lowest BCUT2D eigenvalue weighted by Gasteiger charge is -2.07. The standard InChI is InChI=1S/C23H17N3/c1-25-16-26(23-22(25)11-6-14-24-23)19-13-12-17-7-2-4-9-20(17)21-10-5-3-8-18(21)15-19/h2-15H,1H3. The van der Waals surface area contributed by atoms with Gasteiger partial charge in [-0.15, -0.1) is 0 Å². The van der Waals surface area contributed by atoms with Crippen molar-refractivity contribution in [3.8, 4) is 0 Å². The van der Waals surface area contributed by atoms with Crippen molar-refractivity contribution in [1.82, 2.24) is 9.55 Å². The van der Waals surface area contributed by atoms with Gasteiger partial charge in [0.15, 0.2) is 12.0 Å². The molecule has 0 bridgehead atoms. The van der Waals surface area contributed by atoms with Crippen LogP contribution in [0.25, 0.3) is 29.0 Å². The predicted molar refractivity (Wildman–Crippen MR) is 103 cm³/mol. The molecule has 0 saturated heterocycles. The second kappa shape index (κ2) is 5.81. The summed E-state index contributed by atoms with van der Waals surface area (Å²) in [7, 11) is 2.00. The summed E-state index contributed by atoms with van der Waals surface area (Å²) in [5.41, 5.74) is 2.99. The molecule has 0 unspecified atom stereocenters. The Morgan fingerprint density at radius 1 is 0.846 bits per heavy atom. The van der Waals surface area contributed by atoms with Gasteiger partial charge in [0.2, 0.25) is 0 Å². The third-order valence-electron chi connectivity index (χ3n) is 4.80. The van der Waals surface area contributed by atoms with Gasteiger partial charge in [-0.1, -0.05) is 72.8 Å². The summed E-state index contributed by atoms with van der Waals surface area (Å²) in [6.07, 6.45) is 11.7. The highest BCUT2D eigenvalue weighted by molar-refractivity contribution is 5.78. The molecule has 0 saturated carbocycles. The van der Waals surface area contributed by atoms with Crippen LogP contribution in [-0.4, -0.2) is 9.55 Å². The highest BCUT2D eigenvalue weighted by Gasteiger charge is 2.07. The van der Waals surface area contributed by atoms with E-state index >= 15 is 0 Å². The number of hydrogen-bond donors (Lipinski definition) is 0. The van der Waals surface area contributed by atoms with Crippen LogP contribution in [0.1, 0.15) is 0 Å². The number of hydrogen-bond acceptors (Lipinski definition) is 1. The minimum Gasteiger partial charge on any atom is -0.347 e. The second-order valence-corrected chi connectivity index (χ2v) is 6.42.